The zero-order valence-corrected chi connectivity index (χ0v) is 11.0. The SMILES string of the molecule is Cc1cc(Cl)ccc1NCC(O)c1ccccc1. The normalized spacial score (nSPS) is 12.2. The van der Waals surface area contributed by atoms with Gasteiger partial charge >= 0.3 is 0 Å². The Bertz CT molecular complexity index is 513. The fraction of sp³-hybridized carbons (Fsp3) is 0.200. The molecule has 2 rings (SSSR count). The maximum absolute atomic E-state index is 10.0. The van der Waals surface area contributed by atoms with E-state index in [2.05, 4.69) is 5.32 Å². The van der Waals surface area contributed by atoms with E-state index in [0.29, 0.717) is 6.54 Å². The molecule has 0 bridgehead atoms. The van der Waals surface area contributed by atoms with Gasteiger partial charge < -0.3 is 10.4 Å². The van der Waals surface area contributed by atoms with Gasteiger partial charge in [-0.05, 0) is 36.2 Å². The maximum Gasteiger partial charge on any atom is 0.0962 e. The minimum absolute atomic E-state index is 0.479. The van der Waals surface area contributed by atoms with Gasteiger partial charge in [0.05, 0.1) is 6.10 Å². The van der Waals surface area contributed by atoms with E-state index in [0.717, 1.165) is 21.8 Å². The van der Waals surface area contributed by atoms with Gasteiger partial charge in [0.1, 0.15) is 0 Å². The largest absolute Gasteiger partial charge is 0.387 e. The molecule has 0 saturated heterocycles. The molecule has 2 aromatic rings. The average molecular weight is 262 g/mol. The van der Waals surface area contributed by atoms with Crippen LogP contribution in [0.15, 0.2) is 48.5 Å². The first-order chi connectivity index (χ1) is 8.66. The Morgan fingerprint density at radius 1 is 1.17 bits per heavy atom. The van der Waals surface area contributed by atoms with Crippen LogP contribution in [0.5, 0.6) is 0 Å². The Kier molecular flexibility index (Phi) is 4.24. The smallest absolute Gasteiger partial charge is 0.0962 e. The van der Waals surface area contributed by atoms with Crippen molar-refractivity contribution in [1.82, 2.24) is 0 Å². The molecule has 0 fully saturated rings. The summed E-state index contributed by atoms with van der Waals surface area (Å²) >= 11 is 5.90. The van der Waals surface area contributed by atoms with Crippen molar-refractivity contribution in [3.05, 3.63) is 64.7 Å². The van der Waals surface area contributed by atoms with E-state index >= 15 is 0 Å². The second-order valence-electron chi connectivity index (χ2n) is 4.27. The Balaban J connectivity index is 1.99. The van der Waals surface area contributed by atoms with Crippen LogP contribution in [0.1, 0.15) is 17.2 Å². The summed E-state index contributed by atoms with van der Waals surface area (Å²) in [7, 11) is 0. The van der Waals surface area contributed by atoms with E-state index in [9.17, 15) is 5.11 Å². The first kappa shape index (κ1) is 12.9. The number of hydrogen-bond acceptors (Lipinski definition) is 2. The molecule has 2 nitrogen and oxygen atoms in total. The molecule has 0 amide bonds. The maximum atomic E-state index is 10.0. The summed E-state index contributed by atoms with van der Waals surface area (Å²) in [5.41, 5.74) is 2.98. The van der Waals surface area contributed by atoms with E-state index in [4.69, 9.17) is 11.6 Å². The van der Waals surface area contributed by atoms with Crippen LogP contribution in [0.4, 0.5) is 5.69 Å². The van der Waals surface area contributed by atoms with E-state index in [1.165, 1.54) is 0 Å². The number of anilines is 1. The second kappa shape index (κ2) is 5.89. The number of aliphatic hydroxyl groups excluding tert-OH is 1. The third-order valence-electron chi connectivity index (χ3n) is 2.86. The monoisotopic (exact) mass is 261 g/mol. The highest BCUT2D eigenvalue weighted by Crippen LogP contribution is 2.21. The lowest BCUT2D eigenvalue weighted by Crippen LogP contribution is -2.12. The Labute approximate surface area is 112 Å². The van der Waals surface area contributed by atoms with Crippen molar-refractivity contribution in [3.63, 3.8) is 0 Å². The van der Waals surface area contributed by atoms with Crippen LogP contribution < -0.4 is 5.32 Å². The van der Waals surface area contributed by atoms with Gasteiger partial charge in [-0.15, -0.1) is 0 Å². The second-order valence-corrected chi connectivity index (χ2v) is 4.70. The predicted octanol–water partition coefficient (Wildman–Crippen LogP) is 3.79. The summed E-state index contributed by atoms with van der Waals surface area (Å²) in [6, 6.07) is 15.3. The molecule has 18 heavy (non-hydrogen) atoms. The van der Waals surface area contributed by atoms with Gasteiger partial charge in [-0.25, -0.2) is 0 Å². The number of aliphatic hydroxyl groups is 1. The van der Waals surface area contributed by atoms with Gasteiger partial charge in [0.25, 0.3) is 0 Å². The van der Waals surface area contributed by atoms with Gasteiger partial charge in [0.2, 0.25) is 0 Å². The lowest BCUT2D eigenvalue weighted by molar-refractivity contribution is 0.191. The molecule has 0 aliphatic carbocycles. The van der Waals surface area contributed by atoms with Crippen molar-refractivity contribution >= 4 is 17.3 Å². The number of hydrogen-bond donors (Lipinski definition) is 2. The third-order valence-corrected chi connectivity index (χ3v) is 3.09. The molecule has 3 heteroatoms. The van der Waals surface area contributed by atoms with Crippen LogP contribution in [0.25, 0.3) is 0 Å². The topological polar surface area (TPSA) is 32.3 Å². The van der Waals surface area contributed by atoms with Crippen LogP contribution in [0.3, 0.4) is 0 Å². The number of halogens is 1. The number of benzene rings is 2. The predicted molar refractivity (Wildman–Crippen MR) is 76.1 cm³/mol. The van der Waals surface area contributed by atoms with Crippen molar-refractivity contribution in [3.8, 4) is 0 Å². The van der Waals surface area contributed by atoms with Crippen LogP contribution in [0.2, 0.25) is 5.02 Å². The molecule has 0 aliphatic heterocycles. The van der Waals surface area contributed by atoms with E-state index in [-0.39, 0.29) is 0 Å². The van der Waals surface area contributed by atoms with Gasteiger partial charge in [-0.3, -0.25) is 0 Å². The highest BCUT2D eigenvalue weighted by Gasteiger charge is 2.07. The lowest BCUT2D eigenvalue weighted by Gasteiger charge is -2.14. The molecular formula is C15H16ClNO. The molecule has 2 aromatic carbocycles. The summed E-state index contributed by atoms with van der Waals surface area (Å²) in [5.74, 6) is 0. The molecule has 0 heterocycles. The minimum atomic E-state index is -0.513. The van der Waals surface area contributed by atoms with Crippen molar-refractivity contribution in [1.29, 1.82) is 0 Å². The number of rotatable bonds is 4. The molecule has 2 N–H and O–H groups in total. The summed E-state index contributed by atoms with van der Waals surface area (Å²) < 4.78 is 0. The Morgan fingerprint density at radius 3 is 2.56 bits per heavy atom. The summed E-state index contributed by atoms with van der Waals surface area (Å²) in [6.07, 6.45) is -0.513. The van der Waals surface area contributed by atoms with E-state index in [1.54, 1.807) is 0 Å². The van der Waals surface area contributed by atoms with Crippen LogP contribution in [0, 0.1) is 6.92 Å². The first-order valence-corrected chi connectivity index (χ1v) is 6.27. The summed E-state index contributed by atoms with van der Waals surface area (Å²) in [6.45, 7) is 2.47. The average Bonchev–Trinajstić information content (AvgIpc) is 2.38. The molecule has 1 atom stereocenters. The van der Waals surface area contributed by atoms with Crippen LogP contribution in [-0.4, -0.2) is 11.7 Å². The lowest BCUT2D eigenvalue weighted by atomic mass is 10.1. The van der Waals surface area contributed by atoms with Crippen LogP contribution in [-0.2, 0) is 0 Å². The third kappa shape index (κ3) is 3.25. The zero-order chi connectivity index (χ0) is 13.0. The molecule has 0 aliphatic rings. The molecule has 0 radical (unpaired) electrons. The first-order valence-electron chi connectivity index (χ1n) is 5.90. The molecule has 0 saturated carbocycles. The van der Waals surface area contributed by atoms with Crippen molar-refractivity contribution in [2.24, 2.45) is 0 Å². The Hall–Kier alpha value is -1.51. The Morgan fingerprint density at radius 2 is 1.89 bits per heavy atom. The van der Waals surface area contributed by atoms with Gasteiger partial charge in [-0.2, -0.15) is 0 Å². The molecule has 1 unspecified atom stereocenters. The molecular weight excluding hydrogens is 246 g/mol. The van der Waals surface area contributed by atoms with Crippen molar-refractivity contribution in [2.45, 2.75) is 13.0 Å². The van der Waals surface area contributed by atoms with Crippen LogP contribution >= 0.6 is 11.6 Å². The highest BCUT2D eigenvalue weighted by molar-refractivity contribution is 6.30. The quantitative estimate of drug-likeness (QED) is 0.878. The van der Waals surface area contributed by atoms with Gasteiger partial charge in [0.15, 0.2) is 0 Å². The molecule has 94 valence electrons. The fourth-order valence-corrected chi connectivity index (χ4v) is 2.05. The highest BCUT2D eigenvalue weighted by atomic mass is 35.5. The molecule has 0 aromatic heterocycles. The number of aryl methyl sites for hydroxylation is 1. The fourth-order valence-electron chi connectivity index (χ4n) is 1.83. The zero-order valence-electron chi connectivity index (χ0n) is 10.2. The van der Waals surface area contributed by atoms with E-state index < -0.39 is 6.10 Å². The standard InChI is InChI=1S/C15H16ClNO/c1-11-9-13(16)7-8-14(11)17-10-15(18)12-5-3-2-4-6-12/h2-9,15,17-18H,10H2,1H3. The molecule has 0 spiro atoms. The van der Waals surface area contributed by atoms with Crippen molar-refractivity contribution in [2.75, 3.05) is 11.9 Å². The van der Waals surface area contributed by atoms with Gasteiger partial charge in [-0.1, -0.05) is 41.9 Å². The summed E-state index contributed by atoms with van der Waals surface area (Å²) in [4.78, 5) is 0. The number of nitrogens with one attached hydrogen (secondary N) is 1. The van der Waals surface area contributed by atoms with Gasteiger partial charge in [0, 0.05) is 17.3 Å². The minimum Gasteiger partial charge on any atom is -0.387 e. The van der Waals surface area contributed by atoms with Crippen molar-refractivity contribution < 1.29 is 5.11 Å². The van der Waals surface area contributed by atoms with E-state index in [1.807, 2.05) is 55.5 Å². The summed E-state index contributed by atoms with van der Waals surface area (Å²) in [5, 5.41) is 14.0.